The molecule has 1 aliphatic rings. The first kappa shape index (κ1) is 19.8. The van der Waals surface area contributed by atoms with E-state index < -0.39 is 0 Å². The van der Waals surface area contributed by atoms with Crippen LogP contribution in [0.2, 0.25) is 0 Å². The Balaban J connectivity index is 1.90. The van der Waals surface area contributed by atoms with Gasteiger partial charge in [0.25, 0.3) is 0 Å². The summed E-state index contributed by atoms with van der Waals surface area (Å²) in [5.74, 6) is 1.45. The first-order valence-electron chi connectivity index (χ1n) is 8.20. The summed E-state index contributed by atoms with van der Waals surface area (Å²) in [6, 6.07) is 3.15. The smallest absolute Gasteiger partial charge is 0.311 e. The van der Waals surface area contributed by atoms with Crippen molar-refractivity contribution in [2.45, 2.75) is 44.3 Å². The van der Waals surface area contributed by atoms with Crippen molar-refractivity contribution in [3.8, 4) is 17.2 Å². The molecule has 1 aliphatic heterocycles. The van der Waals surface area contributed by atoms with Gasteiger partial charge in [0, 0.05) is 30.7 Å². The highest BCUT2D eigenvalue weighted by Gasteiger charge is 2.20. The number of thiol groups is 2. The average Bonchev–Trinajstić information content (AvgIpc) is 2.98. The molecule has 0 saturated heterocycles. The monoisotopic (exact) mass is 385 g/mol. The average molecular weight is 386 g/mol. The molecular weight excluding hydrogens is 362 g/mol. The third-order valence-corrected chi connectivity index (χ3v) is 4.41. The maximum absolute atomic E-state index is 12.1. The van der Waals surface area contributed by atoms with Gasteiger partial charge in [0.05, 0.1) is 5.69 Å². The maximum Gasteiger partial charge on any atom is 0.311 e. The molecule has 2 rings (SSSR count). The molecule has 1 heterocycles. The van der Waals surface area contributed by atoms with E-state index in [4.69, 9.17) is 14.2 Å². The zero-order chi connectivity index (χ0) is 18.2. The van der Waals surface area contributed by atoms with Gasteiger partial charge >= 0.3 is 5.97 Å². The lowest BCUT2D eigenvalue weighted by Crippen LogP contribution is -2.12. The Morgan fingerprint density at radius 1 is 1.24 bits per heavy atom. The van der Waals surface area contributed by atoms with Crippen molar-refractivity contribution in [3.63, 3.8) is 0 Å². The van der Waals surface area contributed by atoms with Crippen molar-refractivity contribution in [2.24, 2.45) is 0 Å². The molecule has 1 aromatic rings. The Hall–Kier alpha value is -1.54. The quantitative estimate of drug-likeness (QED) is 0.263. The van der Waals surface area contributed by atoms with Crippen LogP contribution in [0.15, 0.2) is 12.1 Å². The minimum atomic E-state index is -0.352. The van der Waals surface area contributed by atoms with E-state index in [-0.39, 0.29) is 24.4 Å². The summed E-state index contributed by atoms with van der Waals surface area (Å²) in [5.41, 5.74) is 0.384. The summed E-state index contributed by atoms with van der Waals surface area (Å²) in [6.45, 7) is 1.48. The second kappa shape index (κ2) is 9.82. The van der Waals surface area contributed by atoms with Crippen LogP contribution in [-0.4, -0.2) is 29.7 Å². The SMILES string of the molecule is CC(=O)Nc1cc2c(cc1OC(=O)CCCCC(S)CCS)OCO2. The van der Waals surface area contributed by atoms with Crippen molar-refractivity contribution in [2.75, 3.05) is 17.9 Å². The fourth-order valence-electron chi connectivity index (χ4n) is 2.41. The lowest BCUT2D eigenvalue weighted by molar-refractivity contribution is -0.134. The van der Waals surface area contributed by atoms with Crippen LogP contribution in [-0.2, 0) is 9.59 Å². The van der Waals surface area contributed by atoms with Crippen molar-refractivity contribution < 1.29 is 23.8 Å². The van der Waals surface area contributed by atoms with E-state index >= 15 is 0 Å². The van der Waals surface area contributed by atoms with Gasteiger partial charge in [0.15, 0.2) is 17.2 Å². The van der Waals surface area contributed by atoms with Gasteiger partial charge in [-0.25, -0.2) is 0 Å². The van der Waals surface area contributed by atoms with Gasteiger partial charge in [-0.1, -0.05) is 6.42 Å². The molecule has 1 amide bonds. The first-order valence-corrected chi connectivity index (χ1v) is 9.35. The number of esters is 1. The first-order chi connectivity index (χ1) is 12.0. The Morgan fingerprint density at radius 2 is 1.96 bits per heavy atom. The van der Waals surface area contributed by atoms with Gasteiger partial charge in [-0.3, -0.25) is 9.59 Å². The van der Waals surface area contributed by atoms with E-state index in [9.17, 15) is 9.59 Å². The lowest BCUT2D eigenvalue weighted by atomic mass is 10.1. The summed E-state index contributed by atoms with van der Waals surface area (Å²) in [7, 11) is 0. The van der Waals surface area contributed by atoms with Crippen LogP contribution in [0.25, 0.3) is 0 Å². The molecule has 1 aromatic carbocycles. The molecule has 0 aliphatic carbocycles. The third kappa shape index (κ3) is 6.36. The van der Waals surface area contributed by atoms with Gasteiger partial charge in [0.2, 0.25) is 12.7 Å². The van der Waals surface area contributed by atoms with Crippen molar-refractivity contribution in [3.05, 3.63) is 12.1 Å². The highest BCUT2D eigenvalue weighted by Crippen LogP contribution is 2.41. The van der Waals surface area contributed by atoms with E-state index in [1.165, 1.54) is 6.92 Å². The molecule has 6 nitrogen and oxygen atoms in total. The van der Waals surface area contributed by atoms with Gasteiger partial charge in [-0.15, -0.1) is 0 Å². The molecule has 0 saturated carbocycles. The molecular formula is C17H23NO5S2. The third-order valence-electron chi connectivity index (χ3n) is 3.64. The lowest BCUT2D eigenvalue weighted by Gasteiger charge is -2.12. The van der Waals surface area contributed by atoms with E-state index in [1.54, 1.807) is 12.1 Å². The Morgan fingerprint density at radius 3 is 2.64 bits per heavy atom. The zero-order valence-electron chi connectivity index (χ0n) is 14.1. The molecule has 0 radical (unpaired) electrons. The van der Waals surface area contributed by atoms with Crippen LogP contribution < -0.4 is 19.5 Å². The Labute approximate surface area is 158 Å². The summed E-state index contributed by atoms with van der Waals surface area (Å²) < 4.78 is 16.0. The van der Waals surface area contributed by atoms with Crippen LogP contribution in [0.5, 0.6) is 17.2 Å². The number of rotatable bonds is 9. The molecule has 1 atom stereocenters. The second-order valence-electron chi connectivity index (χ2n) is 5.77. The maximum atomic E-state index is 12.1. The van der Waals surface area contributed by atoms with Gasteiger partial charge in [-0.05, 0) is 25.0 Å². The van der Waals surface area contributed by atoms with E-state index in [0.717, 1.165) is 31.4 Å². The number of nitrogens with one attached hydrogen (secondary N) is 1. The van der Waals surface area contributed by atoms with Gasteiger partial charge < -0.3 is 19.5 Å². The molecule has 1 N–H and O–H groups in total. The molecule has 0 bridgehead atoms. The van der Waals surface area contributed by atoms with Gasteiger partial charge in [-0.2, -0.15) is 25.3 Å². The minimum Gasteiger partial charge on any atom is -0.454 e. The largest absolute Gasteiger partial charge is 0.454 e. The summed E-state index contributed by atoms with van der Waals surface area (Å²) in [6.07, 6.45) is 3.82. The predicted octanol–water partition coefficient (Wildman–Crippen LogP) is 3.46. The van der Waals surface area contributed by atoms with Crippen LogP contribution >= 0.6 is 25.3 Å². The van der Waals surface area contributed by atoms with Crippen molar-refractivity contribution >= 4 is 42.8 Å². The number of amides is 1. The fraction of sp³-hybridized carbons (Fsp3) is 0.529. The number of anilines is 1. The van der Waals surface area contributed by atoms with Gasteiger partial charge in [0.1, 0.15) is 0 Å². The molecule has 138 valence electrons. The Bertz CT molecular complexity index is 623. The van der Waals surface area contributed by atoms with Crippen molar-refractivity contribution in [1.82, 2.24) is 0 Å². The standard InChI is InChI=1S/C17H23NO5S2/c1-11(19)18-13-8-15-16(22-10-21-15)9-14(13)23-17(20)5-3-2-4-12(25)6-7-24/h8-9,12,24-25H,2-7,10H2,1H3,(H,18,19). The van der Waals surface area contributed by atoms with Crippen LogP contribution in [0.4, 0.5) is 5.69 Å². The number of hydrogen-bond donors (Lipinski definition) is 3. The normalized spacial score (nSPS) is 13.4. The topological polar surface area (TPSA) is 73.9 Å². The second-order valence-corrected chi connectivity index (χ2v) is 6.95. The van der Waals surface area contributed by atoms with E-state index in [0.29, 0.717) is 28.9 Å². The molecule has 0 spiro atoms. The van der Waals surface area contributed by atoms with Crippen LogP contribution in [0, 0.1) is 0 Å². The highest BCUT2D eigenvalue weighted by atomic mass is 32.1. The minimum absolute atomic E-state index is 0.101. The number of unbranched alkanes of at least 4 members (excludes halogenated alkanes) is 1. The Kier molecular flexibility index (Phi) is 7.77. The summed E-state index contributed by atoms with van der Waals surface area (Å²) in [4.78, 5) is 23.4. The number of carbonyl (C=O) groups is 2. The number of fused-ring (bicyclic) bond motifs is 1. The molecule has 1 unspecified atom stereocenters. The van der Waals surface area contributed by atoms with E-state index in [2.05, 4.69) is 30.6 Å². The number of carbonyl (C=O) groups excluding carboxylic acids is 2. The zero-order valence-corrected chi connectivity index (χ0v) is 15.9. The van der Waals surface area contributed by atoms with Crippen LogP contribution in [0.1, 0.15) is 39.0 Å². The fourth-order valence-corrected chi connectivity index (χ4v) is 3.24. The molecule has 0 aromatic heterocycles. The van der Waals surface area contributed by atoms with Crippen molar-refractivity contribution in [1.29, 1.82) is 0 Å². The highest BCUT2D eigenvalue weighted by molar-refractivity contribution is 7.81. The predicted molar refractivity (Wildman–Crippen MR) is 102 cm³/mol. The van der Waals surface area contributed by atoms with Crippen LogP contribution in [0.3, 0.4) is 0 Å². The van der Waals surface area contributed by atoms with E-state index in [1.807, 2.05) is 0 Å². The molecule has 25 heavy (non-hydrogen) atoms. The molecule has 0 fully saturated rings. The molecule has 8 heteroatoms. The number of ether oxygens (including phenoxy) is 3. The summed E-state index contributed by atoms with van der Waals surface area (Å²) >= 11 is 8.65. The number of benzene rings is 1. The summed E-state index contributed by atoms with van der Waals surface area (Å²) in [5, 5.41) is 2.95. The number of hydrogen-bond acceptors (Lipinski definition) is 7.